The number of esters is 1. The summed E-state index contributed by atoms with van der Waals surface area (Å²) in [5, 5.41) is 0. The van der Waals surface area contributed by atoms with Crippen molar-refractivity contribution in [1.82, 2.24) is 9.62 Å². The molecule has 1 saturated heterocycles. The van der Waals surface area contributed by atoms with Crippen LogP contribution in [-0.4, -0.2) is 64.8 Å². The van der Waals surface area contributed by atoms with E-state index in [0.29, 0.717) is 13.1 Å². The van der Waals surface area contributed by atoms with Crippen LogP contribution >= 0.6 is 0 Å². The van der Waals surface area contributed by atoms with Crippen LogP contribution in [0.3, 0.4) is 0 Å². The number of ether oxygens (including phenoxy) is 2. The topological polar surface area (TPSA) is 84.9 Å². The zero-order valence-corrected chi connectivity index (χ0v) is 15.0. The molecule has 1 aliphatic rings. The van der Waals surface area contributed by atoms with Gasteiger partial charge in [0.2, 0.25) is 10.0 Å². The van der Waals surface area contributed by atoms with Gasteiger partial charge in [0.1, 0.15) is 0 Å². The Morgan fingerprint density at radius 2 is 2.00 bits per heavy atom. The number of carbonyl (C=O) groups excluding carboxylic acids is 1. The van der Waals surface area contributed by atoms with Crippen molar-refractivity contribution < 1.29 is 22.7 Å². The fraction of sp³-hybridized carbons (Fsp3) is 0.562. The molecule has 0 bridgehead atoms. The van der Waals surface area contributed by atoms with Crippen LogP contribution in [0.2, 0.25) is 0 Å². The normalized spacial score (nSPS) is 22.3. The smallest absolute Gasteiger partial charge is 0.337 e. The van der Waals surface area contributed by atoms with Crippen LogP contribution in [0.1, 0.15) is 24.2 Å². The van der Waals surface area contributed by atoms with Crippen LogP contribution in [0.4, 0.5) is 0 Å². The molecule has 2 atom stereocenters. The zero-order chi connectivity index (χ0) is 17.7. The molecule has 1 aromatic carbocycles. The number of methoxy groups -OCH3 is 1. The average Bonchev–Trinajstić information content (AvgIpc) is 2.53. The van der Waals surface area contributed by atoms with Gasteiger partial charge in [-0.05, 0) is 32.0 Å². The van der Waals surface area contributed by atoms with E-state index in [2.05, 4.69) is 14.4 Å². The summed E-state index contributed by atoms with van der Waals surface area (Å²) in [5.41, 5.74) is 0.205. The predicted octanol–water partition coefficient (Wildman–Crippen LogP) is 0.861. The predicted molar refractivity (Wildman–Crippen MR) is 89.4 cm³/mol. The van der Waals surface area contributed by atoms with Crippen LogP contribution in [-0.2, 0) is 19.5 Å². The quantitative estimate of drug-likeness (QED) is 0.761. The molecule has 1 aromatic rings. The van der Waals surface area contributed by atoms with Crippen LogP contribution in [0, 0.1) is 0 Å². The van der Waals surface area contributed by atoms with Gasteiger partial charge in [-0.2, -0.15) is 0 Å². The Hall–Kier alpha value is -1.48. The fourth-order valence-corrected chi connectivity index (χ4v) is 3.86. The van der Waals surface area contributed by atoms with Crippen molar-refractivity contribution in [2.75, 3.05) is 33.3 Å². The highest BCUT2D eigenvalue weighted by Gasteiger charge is 2.22. The second-order valence-electron chi connectivity index (χ2n) is 5.93. The van der Waals surface area contributed by atoms with E-state index in [0.717, 1.165) is 13.1 Å². The van der Waals surface area contributed by atoms with Gasteiger partial charge in [0.25, 0.3) is 0 Å². The van der Waals surface area contributed by atoms with E-state index in [9.17, 15) is 13.2 Å². The number of nitrogens with zero attached hydrogens (tertiary/aromatic N) is 1. The first kappa shape index (κ1) is 18.9. The molecule has 2 rings (SSSR count). The van der Waals surface area contributed by atoms with Gasteiger partial charge in [-0.3, -0.25) is 4.90 Å². The molecule has 0 amide bonds. The molecule has 0 saturated carbocycles. The first-order chi connectivity index (χ1) is 11.3. The summed E-state index contributed by atoms with van der Waals surface area (Å²) in [7, 11) is -2.41. The molecular formula is C16H24N2O5S. The molecule has 24 heavy (non-hydrogen) atoms. The van der Waals surface area contributed by atoms with Crippen molar-refractivity contribution in [2.45, 2.75) is 31.0 Å². The monoisotopic (exact) mass is 356 g/mol. The number of morpholine rings is 1. The molecule has 134 valence electrons. The van der Waals surface area contributed by atoms with E-state index < -0.39 is 16.0 Å². The van der Waals surface area contributed by atoms with E-state index in [4.69, 9.17) is 4.74 Å². The molecule has 2 unspecified atom stereocenters. The van der Waals surface area contributed by atoms with Crippen molar-refractivity contribution in [3.8, 4) is 0 Å². The van der Waals surface area contributed by atoms with Gasteiger partial charge < -0.3 is 9.47 Å². The highest BCUT2D eigenvalue weighted by Crippen LogP contribution is 2.13. The molecule has 1 aliphatic heterocycles. The minimum atomic E-state index is -3.67. The van der Waals surface area contributed by atoms with E-state index in [-0.39, 0.29) is 22.7 Å². The fourth-order valence-electron chi connectivity index (χ4n) is 2.80. The average molecular weight is 356 g/mol. The first-order valence-corrected chi connectivity index (χ1v) is 9.36. The van der Waals surface area contributed by atoms with Crippen molar-refractivity contribution >= 4 is 16.0 Å². The van der Waals surface area contributed by atoms with Crippen molar-refractivity contribution in [2.24, 2.45) is 0 Å². The van der Waals surface area contributed by atoms with E-state index >= 15 is 0 Å². The number of hydrogen-bond acceptors (Lipinski definition) is 6. The molecular weight excluding hydrogens is 332 g/mol. The minimum absolute atomic E-state index is 0.0501. The number of hydrogen-bond donors (Lipinski definition) is 1. The van der Waals surface area contributed by atoms with Crippen molar-refractivity contribution in [3.05, 3.63) is 29.8 Å². The number of sulfonamides is 1. The van der Waals surface area contributed by atoms with Gasteiger partial charge in [0.15, 0.2) is 0 Å². The number of carbonyl (C=O) groups is 1. The summed E-state index contributed by atoms with van der Waals surface area (Å²) in [6.45, 7) is 6.47. The highest BCUT2D eigenvalue weighted by atomic mass is 32.2. The summed E-state index contributed by atoms with van der Waals surface area (Å²) in [6.07, 6.45) is 0.282. The molecule has 1 N–H and O–H groups in total. The Labute approximate surface area is 143 Å². The third kappa shape index (κ3) is 5.01. The summed E-state index contributed by atoms with van der Waals surface area (Å²) < 4.78 is 37.6. The standard InChI is InChI=1S/C16H24N2O5S/c1-12-10-18(11-13(2)23-12)8-7-17-24(20,21)15-6-4-5-14(9-15)16(19)22-3/h4-6,9,12-13,17H,7-8,10-11H2,1-3H3. The zero-order valence-electron chi connectivity index (χ0n) is 14.2. The van der Waals surface area contributed by atoms with Gasteiger partial charge >= 0.3 is 5.97 Å². The Morgan fingerprint density at radius 1 is 1.33 bits per heavy atom. The molecule has 0 spiro atoms. The van der Waals surface area contributed by atoms with Gasteiger partial charge in [0, 0.05) is 26.2 Å². The van der Waals surface area contributed by atoms with Crippen LogP contribution in [0.25, 0.3) is 0 Å². The molecule has 1 heterocycles. The Morgan fingerprint density at radius 3 is 2.62 bits per heavy atom. The van der Waals surface area contributed by atoms with Gasteiger partial charge in [-0.15, -0.1) is 0 Å². The summed E-state index contributed by atoms with van der Waals surface area (Å²) >= 11 is 0. The molecule has 0 aliphatic carbocycles. The molecule has 7 nitrogen and oxygen atoms in total. The van der Waals surface area contributed by atoms with Crippen LogP contribution in [0.15, 0.2) is 29.2 Å². The van der Waals surface area contributed by atoms with E-state index in [1.54, 1.807) is 0 Å². The molecule has 0 radical (unpaired) electrons. The molecule has 0 aromatic heterocycles. The third-order valence-electron chi connectivity index (χ3n) is 3.78. The Bertz CT molecular complexity index is 667. The maximum absolute atomic E-state index is 12.4. The lowest BCUT2D eigenvalue weighted by molar-refractivity contribution is -0.0671. The maximum Gasteiger partial charge on any atom is 0.337 e. The van der Waals surface area contributed by atoms with Crippen LogP contribution < -0.4 is 4.72 Å². The lowest BCUT2D eigenvalue weighted by Gasteiger charge is -2.35. The van der Waals surface area contributed by atoms with Crippen molar-refractivity contribution in [1.29, 1.82) is 0 Å². The second-order valence-corrected chi connectivity index (χ2v) is 7.70. The molecule has 1 fully saturated rings. The van der Waals surface area contributed by atoms with Crippen LogP contribution in [0.5, 0.6) is 0 Å². The third-order valence-corrected chi connectivity index (χ3v) is 5.24. The largest absolute Gasteiger partial charge is 0.465 e. The number of rotatable bonds is 6. The van der Waals surface area contributed by atoms with E-state index in [1.807, 2.05) is 13.8 Å². The van der Waals surface area contributed by atoms with Crippen molar-refractivity contribution in [3.63, 3.8) is 0 Å². The SMILES string of the molecule is COC(=O)c1cccc(S(=O)(=O)NCCN2CC(C)OC(C)C2)c1. The Kier molecular flexibility index (Phi) is 6.34. The minimum Gasteiger partial charge on any atom is -0.465 e. The van der Waals surface area contributed by atoms with E-state index in [1.165, 1.54) is 31.4 Å². The second kappa shape index (κ2) is 8.06. The van der Waals surface area contributed by atoms with Gasteiger partial charge in [0.05, 0.1) is 29.8 Å². The first-order valence-electron chi connectivity index (χ1n) is 7.87. The highest BCUT2D eigenvalue weighted by molar-refractivity contribution is 7.89. The number of nitrogens with one attached hydrogen (secondary N) is 1. The summed E-state index contributed by atoms with van der Waals surface area (Å²) in [5.74, 6) is -0.566. The summed E-state index contributed by atoms with van der Waals surface area (Å²) in [4.78, 5) is 13.7. The summed E-state index contributed by atoms with van der Waals surface area (Å²) in [6, 6.07) is 5.80. The van der Waals surface area contributed by atoms with Gasteiger partial charge in [-0.1, -0.05) is 6.07 Å². The maximum atomic E-state index is 12.4. The molecule has 8 heteroatoms. The lowest BCUT2D eigenvalue weighted by atomic mass is 10.2. The lowest BCUT2D eigenvalue weighted by Crippen LogP contribution is -2.47. The van der Waals surface area contributed by atoms with Gasteiger partial charge in [-0.25, -0.2) is 17.9 Å². The number of benzene rings is 1. The Balaban J connectivity index is 1.95.